The second-order valence-corrected chi connectivity index (χ2v) is 4.83. The summed E-state index contributed by atoms with van der Waals surface area (Å²) in [6.45, 7) is 0. The lowest BCUT2D eigenvalue weighted by Gasteiger charge is -2.22. The molecule has 0 saturated heterocycles. The molecule has 0 radical (unpaired) electrons. The summed E-state index contributed by atoms with van der Waals surface area (Å²) < 4.78 is 0. The number of aryl methyl sites for hydroxylation is 1. The van der Waals surface area contributed by atoms with Crippen molar-refractivity contribution in [2.75, 3.05) is 0 Å². The van der Waals surface area contributed by atoms with Crippen molar-refractivity contribution < 1.29 is 4.79 Å². The largest absolute Gasteiger partial charge is 0.338 e. The number of hydrogen-bond donors (Lipinski definition) is 1. The van der Waals surface area contributed by atoms with Crippen molar-refractivity contribution in [2.24, 2.45) is 0 Å². The van der Waals surface area contributed by atoms with Crippen LogP contribution in [0.5, 0.6) is 0 Å². The third-order valence-corrected chi connectivity index (χ3v) is 3.71. The van der Waals surface area contributed by atoms with Gasteiger partial charge in [0.25, 0.3) is 5.91 Å². The van der Waals surface area contributed by atoms with Gasteiger partial charge in [0.05, 0.1) is 6.04 Å². The van der Waals surface area contributed by atoms with Crippen molar-refractivity contribution >= 4 is 33.2 Å². The third kappa shape index (κ3) is 2.42. The van der Waals surface area contributed by atoms with Crippen LogP contribution in [-0.4, -0.2) is 5.91 Å². The maximum Gasteiger partial charge on any atom is 0.297 e. The molecule has 1 N–H and O–H groups in total. The molecule has 2 nitrogen and oxygen atoms in total. The van der Waals surface area contributed by atoms with Crippen LogP contribution in [0, 0.1) is 10.8 Å². The summed E-state index contributed by atoms with van der Waals surface area (Å²) in [6, 6.07) is 2.26. The first-order chi connectivity index (χ1) is 7.31. The summed E-state index contributed by atoms with van der Waals surface area (Å²) >= 11 is 4.69. The van der Waals surface area contributed by atoms with Gasteiger partial charge in [-0.1, -0.05) is 0 Å². The van der Waals surface area contributed by atoms with E-state index in [1.165, 1.54) is 10.4 Å². The zero-order valence-electron chi connectivity index (χ0n) is 8.05. The molecule has 0 saturated carbocycles. The Morgan fingerprint density at radius 1 is 1.67 bits per heavy atom. The first kappa shape index (κ1) is 10.7. The molecule has 1 atom stereocenters. The quantitative estimate of drug-likeness (QED) is 0.789. The summed E-state index contributed by atoms with van der Waals surface area (Å²) in [5.74, 6) is 2.22. The van der Waals surface area contributed by atoms with Crippen LogP contribution in [0.2, 0.25) is 0 Å². The molecule has 0 aromatic carbocycles. The predicted octanol–water partition coefficient (Wildman–Crippen LogP) is 2.60. The molecule has 0 fully saturated rings. The van der Waals surface area contributed by atoms with E-state index >= 15 is 0 Å². The molecule has 1 aliphatic rings. The highest BCUT2D eigenvalue weighted by Crippen LogP contribution is 2.32. The van der Waals surface area contributed by atoms with Gasteiger partial charge >= 0.3 is 0 Å². The highest BCUT2D eigenvalue weighted by molar-refractivity contribution is 9.12. The third-order valence-electron chi connectivity index (χ3n) is 2.52. The maximum atomic E-state index is 11.3. The summed E-state index contributed by atoms with van der Waals surface area (Å²) in [5.41, 5.74) is 1.27. The van der Waals surface area contributed by atoms with Crippen LogP contribution in [0.4, 0.5) is 0 Å². The van der Waals surface area contributed by atoms with E-state index in [-0.39, 0.29) is 11.9 Å². The van der Waals surface area contributed by atoms with E-state index in [4.69, 9.17) is 0 Å². The Kier molecular flexibility index (Phi) is 3.45. The predicted molar refractivity (Wildman–Crippen MR) is 64.8 cm³/mol. The van der Waals surface area contributed by atoms with Gasteiger partial charge in [0, 0.05) is 26.7 Å². The molecule has 0 spiro atoms. The Balaban J connectivity index is 2.12. The van der Waals surface area contributed by atoms with E-state index in [0.717, 1.165) is 19.3 Å². The molecule has 1 amide bonds. The molecule has 1 aromatic rings. The van der Waals surface area contributed by atoms with Crippen LogP contribution in [-0.2, 0) is 11.2 Å². The first-order valence-corrected chi connectivity index (χ1v) is 6.47. The Morgan fingerprint density at radius 2 is 2.53 bits per heavy atom. The maximum absolute atomic E-state index is 11.3. The minimum absolute atomic E-state index is 0.154. The smallest absolute Gasteiger partial charge is 0.297 e. The lowest BCUT2D eigenvalue weighted by molar-refractivity contribution is -0.116. The minimum Gasteiger partial charge on any atom is -0.338 e. The van der Waals surface area contributed by atoms with E-state index in [0.29, 0.717) is 0 Å². The van der Waals surface area contributed by atoms with Crippen molar-refractivity contribution in [2.45, 2.75) is 25.3 Å². The first-order valence-electron chi connectivity index (χ1n) is 4.79. The van der Waals surface area contributed by atoms with Crippen LogP contribution in [0.1, 0.15) is 29.3 Å². The van der Waals surface area contributed by atoms with Crippen molar-refractivity contribution in [1.82, 2.24) is 5.32 Å². The number of fused-ring (bicyclic) bond motifs is 1. The van der Waals surface area contributed by atoms with Gasteiger partial charge in [0.2, 0.25) is 0 Å². The molecule has 1 aliphatic carbocycles. The molecule has 78 valence electrons. The van der Waals surface area contributed by atoms with E-state index < -0.39 is 0 Å². The highest BCUT2D eigenvalue weighted by Gasteiger charge is 2.21. The Labute approximate surface area is 101 Å². The lowest BCUT2D eigenvalue weighted by Crippen LogP contribution is -2.29. The van der Waals surface area contributed by atoms with E-state index in [2.05, 4.69) is 43.4 Å². The molecule has 0 bridgehead atoms. The molecule has 1 unspecified atom stereocenters. The molecule has 1 aromatic heterocycles. The number of thiophene rings is 1. The molecule has 0 aliphatic heterocycles. The normalized spacial score (nSPS) is 18.6. The molecular weight excluding hydrogens is 274 g/mol. The second kappa shape index (κ2) is 4.82. The van der Waals surface area contributed by atoms with Gasteiger partial charge < -0.3 is 5.32 Å². The lowest BCUT2D eigenvalue weighted by atomic mass is 9.94. The number of amides is 1. The number of nitrogens with one attached hydrogen (secondary N) is 1. The Bertz CT molecular complexity index is 429. The summed E-state index contributed by atoms with van der Waals surface area (Å²) in [6.07, 6.45) is 3.29. The van der Waals surface area contributed by atoms with Gasteiger partial charge in [-0.2, -0.15) is 0 Å². The second-order valence-electron chi connectivity index (χ2n) is 3.44. The average molecular weight is 284 g/mol. The average Bonchev–Trinajstić information content (AvgIpc) is 2.67. The van der Waals surface area contributed by atoms with E-state index in [1.54, 1.807) is 11.3 Å². The molecular formula is C11H10BrNOS. The standard InChI is InChI=1S/C11H10BrNOS/c12-6-4-11(14)13-9-2-1-3-10-8(9)5-7-15-10/h5,7,9H,1-3H2,(H,13,14). The summed E-state index contributed by atoms with van der Waals surface area (Å²) in [5, 5.41) is 5.01. The minimum atomic E-state index is -0.212. The topological polar surface area (TPSA) is 29.1 Å². The summed E-state index contributed by atoms with van der Waals surface area (Å²) in [7, 11) is 0. The van der Waals surface area contributed by atoms with Gasteiger partial charge in [-0.15, -0.1) is 11.3 Å². The van der Waals surface area contributed by atoms with Gasteiger partial charge in [-0.3, -0.25) is 4.79 Å². The van der Waals surface area contributed by atoms with Crippen molar-refractivity contribution in [1.29, 1.82) is 0 Å². The zero-order valence-corrected chi connectivity index (χ0v) is 10.5. The van der Waals surface area contributed by atoms with Crippen molar-refractivity contribution in [3.63, 3.8) is 0 Å². The van der Waals surface area contributed by atoms with Gasteiger partial charge in [-0.05, 0) is 41.1 Å². The molecule has 2 rings (SSSR count). The zero-order chi connectivity index (χ0) is 10.7. The van der Waals surface area contributed by atoms with Crippen molar-refractivity contribution in [3.8, 4) is 10.8 Å². The molecule has 4 heteroatoms. The number of carbonyl (C=O) groups excluding carboxylic acids is 1. The molecule has 1 heterocycles. The SMILES string of the molecule is O=C(C#CBr)NC1CCCc2sccc21. The van der Waals surface area contributed by atoms with Crippen LogP contribution in [0.25, 0.3) is 0 Å². The highest BCUT2D eigenvalue weighted by atomic mass is 79.9. The fourth-order valence-corrected chi connectivity index (χ4v) is 3.04. The fraction of sp³-hybridized carbons (Fsp3) is 0.364. The number of halogens is 1. The van der Waals surface area contributed by atoms with E-state index in [1.807, 2.05) is 0 Å². The van der Waals surface area contributed by atoms with Crippen LogP contribution in [0.3, 0.4) is 0 Å². The van der Waals surface area contributed by atoms with Crippen molar-refractivity contribution in [3.05, 3.63) is 21.9 Å². The fourth-order valence-electron chi connectivity index (χ4n) is 1.87. The monoisotopic (exact) mass is 283 g/mol. The van der Waals surface area contributed by atoms with Gasteiger partial charge in [-0.25, -0.2) is 0 Å². The van der Waals surface area contributed by atoms with E-state index in [9.17, 15) is 4.79 Å². The number of hydrogen-bond acceptors (Lipinski definition) is 2. The van der Waals surface area contributed by atoms with Gasteiger partial charge in [0.1, 0.15) is 0 Å². The molecule has 15 heavy (non-hydrogen) atoms. The van der Waals surface area contributed by atoms with Crippen LogP contribution >= 0.6 is 27.3 Å². The van der Waals surface area contributed by atoms with Gasteiger partial charge in [0.15, 0.2) is 0 Å². The Hall–Kier alpha value is -0.790. The Morgan fingerprint density at radius 3 is 3.33 bits per heavy atom. The summed E-state index contributed by atoms with van der Waals surface area (Å²) in [4.78, 5) is 15.2. The van der Waals surface area contributed by atoms with Crippen LogP contribution < -0.4 is 5.32 Å². The van der Waals surface area contributed by atoms with Crippen LogP contribution in [0.15, 0.2) is 11.4 Å². The number of rotatable bonds is 1. The number of carbonyl (C=O) groups is 1.